The predicted molar refractivity (Wildman–Crippen MR) is 96.2 cm³/mol. The Balaban J connectivity index is 2.51. The third kappa shape index (κ3) is 1.70. The highest BCUT2D eigenvalue weighted by Gasteiger charge is 2.47. The summed E-state index contributed by atoms with van der Waals surface area (Å²) in [5.41, 5.74) is 8.30. The van der Waals surface area contributed by atoms with E-state index in [2.05, 4.69) is 88.9 Å². The molecule has 0 aliphatic heterocycles. The van der Waals surface area contributed by atoms with Crippen LogP contribution in [0.3, 0.4) is 0 Å². The van der Waals surface area contributed by atoms with Crippen molar-refractivity contribution in [3.63, 3.8) is 0 Å². The number of fused-ring (bicyclic) bond motifs is 3. The van der Waals surface area contributed by atoms with Crippen LogP contribution in [0.25, 0.3) is 11.1 Å². The van der Waals surface area contributed by atoms with E-state index in [0.29, 0.717) is 5.92 Å². The molecule has 1 aliphatic rings. The Kier molecular flexibility index (Phi) is 3.56. The summed E-state index contributed by atoms with van der Waals surface area (Å²) in [6.45, 7) is 13.0. The van der Waals surface area contributed by atoms with Gasteiger partial charge in [0.2, 0.25) is 0 Å². The van der Waals surface area contributed by atoms with E-state index in [1.807, 2.05) is 0 Å². The average Bonchev–Trinajstić information content (AvgIpc) is 2.86. The third-order valence-electron chi connectivity index (χ3n) is 5.41. The van der Waals surface area contributed by atoms with Crippen molar-refractivity contribution in [2.45, 2.75) is 33.1 Å². The molecule has 0 amide bonds. The van der Waals surface area contributed by atoms with Gasteiger partial charge in [-0.1, -0.05) is 67.1 Å². The summed E-state index contributed by atoms with van der Waals surface area (Å²) in [6, 6.07) is 15.6. The van der Waals surface area contributed by atoms with E-state index in [4.69, 9.17) is 0 Å². The van der Waals surface area contributed by atoms with E-state index in [9.17, 15) is 0 Å². The van der Waals surface area contributed by atoms with Gasteiger partial charge in [0.25, 0.3) is 0 Å². The summed E-state index contributed by atoms with van der Waals surface area (Å²) in [5.74, 6) is 0.341. The quantitative estimate of drug-likeness (QED) is 0.603. The van der Waals surface area contributed by atoms with Crippen LogP contribution < -0.4 is 0 Å². The molecule has 0 radical (unpaired) electrons. The van der Waals surface area contributed by atoms with E-state index in [1.165, 1.54) is 33.4 Å². The number of aryl methyl sites for hydroxylation is 1. The molecule has 0 spiro atoms. The van der Waals surface area contributed by atoms with Crippen LogP contribution in [-0.4, -0.2) is 0 Å². The fraction of sp³-hybridized carbons (Fsp3) is 0.273. The number of allylic oxidation sites excluding steroid dienone is 3. The Bertz CT molecular complexity index is 763. The van der Waals surface area contributed by atoms with Crippen LogP contribution in [0.15, 0.2) is 66.8 Å². The van der Waals surface area contributed by atoms with Crippen LogP contribution in [-0.2, 0) is 5.41 Å². The highest BCUT2D eigenvalue weighted by Crippen LogP contribution is 2.57. The standard InChI is InChI=1S/C22H24/c1-6-16(4)22(17(5)7-2)19-13-9-8-12-18(19)21-15(3)11-10-14-20(21)22/h6-14,16H,1H2,2-5H3. The lowest BCUT2D eigenvalue weighted by Crippen LogP contribution is -2.33. The Morgan fingerprint density at radius 2 is 1.77 bits per heavy atom. The van der Waals surface area contributed by atoms with E-state index < -0.39 is 0 Å². The Morgan fingerprint density at radius 1 is 1.09 bits per heavy atom. The molecular weight excluding hydrogens is 264 g/mol. The Labute approximate surface area is 134 Å². The van der Waals surface area contributed by atoms with Gasteiger partial charge < -0.3 is 0 Å². The molecule has 0 aromatic heterocycles. The van der Waals surface area contributed by atoms with Gasteiger partial charge in [-0.15, -0.1) is 6.58 Å². The van der Waals surface area contributed by atoms with Crippen molar-refractivity contribution in [3.8, 4) is 11.1 Å². The minimum absolute atomic E-state index is 0.0888. The first-order chi connectivity index (χ1) is 10.6. The molecule has 0 fully saturated rings. The lowest BCUT2D eigenvalue weighted by Gasteiger charge is -2.38. The number of rotatable bonds is 3. The van der Waals surface area contributed by atoms with Crippen LogP contribution >= 0.6 is 0 Å². The molecule has 0 saturated carbocycles. The van der Waals surface area contributed by atoms with Crippen LogP contribution in [0.4, 0.5) is 0 Å². The maximum Gasteiger partial charge on any atom is 0.0480 e. The summed E-state index contributed by atoms with van der Waals surface area (Å²) in [4.78, 5) is 0. The van der Waals surface area contributed by atoms with Gasteiger partial charge >= 0.3 is 0 Å². The maximum absolute atomic E-state index is 4.11. The largest absolute Gasteiger partial charge is 0.103 e. The second-order valence-corrected chi connectivity index (χ2v) is 6.35. The molecule has 2 aromatic rings. The van der Waals surface area contributed by atoms with Crippen molar-refractivity contribution in [3.05, 3.63) is 83.5 Å². The number of hydrogen-bond donors (Lipinski definition) is 0. The third-order valence-corrected chi connectivity index (χ3v) is 5.41. The van der Waals surface area contributed by atoms with Crippen molar-refractivity contribution in [1.82, 2.24) is 0 Å². The van der Waals surface area contributed by atoms with E-state index in [-0.39, 0.29) is 5.41 Å². The summed E-state index contributed by atoms with van der Waals surface area (Å²) in [5, 5.41) is 0. The Hall–Kier alpha value is -2.08. The molecule has 112 valence electrons. The number of benzene rings is 2. The molecule has 3 rings (SSSR count). The fourth-order valence-electron chi connectivity index (χ4n) is 4.22. The van der Waals surface area contributed by atoms with Gasteiger partial charge in [-0.2, -0.15) is 0 Å². The number of hydrogen-bond acceptors (Lipinski definition) is 0. The van der Waals surface area contributed by atoms with Crippen LogP contribution in [0.1, 0.15) is 37.5 Å². The SMILES string of the molecule is C=CC(C)C1(C(C)=CC)c2ccccc2-c2c(C)cccc21. The smallest absolute Gasteiger partial charge is 0.0480 e. The normalized spacial score (nSPS) is 21.2. The van der Waals surface area contributed by atoms with Gasteiger partial charge in [-0.3, -0.25) is 0 Å². The lowest BCUT2D eigenvalue weighted by atomic mass is 9.64. The zero-order valence-electron chi connectivity index (χ0n) is 14.0. The van der Waals surface area contributed by atoms with Crippen molar-refractivity contribution in [1.29, 1.82) is 0 Å². The van der Waals surface area contributed by atoms with Gasteiger partial charge in [0.15, 0.2) is 0 Å². The minimum Gasteiger partial charge on any atom is -0.103 e. The average molecular weight is 288 g/mol. The van der Waals surface area contributed by atoms with Gasteiger partial charge in [0.1, 0.15) is 0 Å². The molecule has 0 heterocycles. The van der Waals surface area contributed by atoms with Crippen molar-refractivity contribution in [2.75, 3.05) is 0 Å². The summed E-state index contributed by atoms with van der Waals surface area (Å²) >= 11 is 0. The summed E-state index contributed by atoms with van der Waals surface area (Å²) < 4.78 is 0. The van der Waals surface area contributed by atoms with E-state index >= 15 is 0 Å². The topological polar surface area (TPSA) is 0 Å². The minimum atomic E-state index is -0.0888. The van der Waals surface area contributed by atoms with E-state index in [0.717, 1.165) is 0 Å². The molecule has 0 bridgehead atoms. The van der Waals surface area contributed by atoms with Crippen molar-refractivity contribution in [2.24, 2.45) is 5.92 Å². The zero-order valence-corrected chi connectivity index (χ0v) is 14.0. The molecule has 2 atom stereocenters. The van der Waals surface area contributed by atoms with Crippen molar-refractivity contribution < 1.29 is 0 Å². The van der Waals surface area contributed by atoms with Crippen LogP contribution in [0, 0.1) is 12.8 Å². The first-order valence-electron chi connectivity index (χ1n) is 8.04. The molecule has 0 nitrogen and oxygen atoms in total. The molecule has 2 aromatic carbocycles. The molecule has 0 N–H and O–H groups in total. The molecule has 2 unspecified atom stereocenters. The molecular formula is C22H24. The summed E-state index contributed by atoms with van der Waals surface area (Å²) in [7, 11) is 0. The Morgan fingerprint density at radius 3 is 2.45 bits per heavy atom. The fourth-order valence-corrected chi connectivity index (χ4v) is 4.22. The highest BCUT2D eigenvalue weighted by molar-refractivity contribution is 5.85. The van der Waals surface area contributed by atoms with Gasteiger partial charge in [0, 0.05) is 5.41 Å². The first-order valence-corrected chi connectivity index (χ1v) is 8.04. The molecule has 1 aliphatic carbocycles. The molecule has 0 saturated heterocycles. The van der Waals surface area contributed by atoms with Gasteiger partial charge in [-0.05, 0) is 54.5 Å². The van der Waals surface area contributed by atoms with Gasteiger partial charge in [0.05, 0.1) is 0 Å². The molecule has 0 heteroatoms. The van der Waals surface area contributed by atoms with Gasteiger partial charge in [-0.25, -0.2) is 0 Å². The monoisotopic (exact) mass is 288 g/mol. The maximum atomic E-state index is 4.11. The predicted octanol–water partition coefficient (Wildman–Crippen LogP) is 6.05. The second kappa shape index (κ2) is 5.28. The second-order valence-electron chi connectivity index (χ2n) is 6.35. The van der Waals surface area contributed by atoms with E-state index in [1.54, 1.807) is 0 Å². The first kappa shape index (κ1) is 14.8. The van der Waals surface area contributed by atoms with Crippen molar-refractivity contribution >= 4 is 0 Å². The van der Waals surface area contributed by atoms with Crippen LogP contribution in [0.2, 0.25) is 0 Å². The summed E-state index contributed by atoms with van der Waals surface area (Å²) in [6.07, 6.45) is 4.36. The highest BCUT2D eigenvalue weighted by atomic mass is 14.5. The van der Waals surface area contributed by atoms with Crippen LogP contribution in [0.5, 0.6) is 0 Å². The molecule has 22 heavy (non-hydrogen) atoms. The lowest BCUT2D eigenvalue weighted by molar-refractivity contribution is 0.482. The zero-order chi connectivity index (χ0) is 15.9.